The molecule has 0 aliphatic carbocycles. The van der Waals surface area contributed by atoms with Gasteiger partial charge in [0.1, 0.15) is 0 Å². The Morgan fingerprint density at radius 2 is 2.03 bits per heavy atom. The lowest BCUT2D eigenvalue weighted by molar-refractivity contribution is -0.137. The SMILES string of the molecule is CC1CC(c2ccccc2C(F)(F)F)=CCN1C(=O)c1cc2ncc(Br)cn2n1. The molecule has 150 valence electrons. The molecule has 1 aliphatic heterocycles. The first-order chi connectivity index (χ1) is 13.7. The largest absolute Gasteiger partial charge is 0.416 e. The third-order valence-corrected chi connectivity index (χ3v) is 5.33. The van der Waals surface area contributed by atoms with Gasteiger partial charge in [0.2, 0.25) is 0 Å². The summed E-state index contributed by atoms with van der Waals surface area (Å²) in [6.45, 7) is 2.04. The lowest BCUT2D eigenvalue weighted by atomic mass is 9.91. The molecule has 5 nitrogen and oxygen atoms in total. The van der Waals surface area contributed by atoms with E-state index in [1.807, 2.05) is 6.92 Å². The molecule has 0 radical (unpaired) electrons. The van der Waals surface area contributed by atoms with Crippen LogP contribution in [0.5, 0.6) is 0 Å². The number of hydrogen-bond donors (Lipinski definition) is 0. The molecule has 1 amide bonds. The molecule has 0 spiro atoms. The molecule has 0 fully saturated rings. The molecule has 3 aromatic rings. The van der Waals surface area contributed by atoms with Crippen molar-refractivity contribution >= 4 is 33.1 Å². The second kappa shape index (κ2) is 7.29. The van der Waals surface area contributed by atoms with Crippen molar-refractivity contribution in [2.75, 3.05) is 6.54 Å². The van der Waals surface area contributed by atoms with Crippen molar-refractivity contribution in [3.05, 3.63) is 70.1 Å². The second-order valence-corrected chi connectivity index (χ2v) is 7.80. The lowest BCUT2D eigenvalue weighted by Gasteiger charge is -2.33. The molecule has 29 heavy (non-hydrogen) atoms. The molecule has 0 saturated carbocycles. The van der Waals surface area contributed by atoms with Crippen LogP contribution in [0.1, 0.15) is 35.0 Å². The summed E-state index contributed by atoms with van der Waals surface area (Å²) in [6, 6.07) is 6.86. The summed E-state index contributed by atoms with van der Waals surface area (Å²) in [6.07, 6.45) is 0.904. The van der Waals surface area contributed by atoms with E-state index in [0.717, 1.165) is 10.5 Å². The van der Waals surface area contributed by atoms with Crippen LogP contribution in [0.3, 0.4) is 0 Å². The van der Waals surface area contributed by atoms with E-state index in [1.165, 1.54) is 16.6 Å². The van der Waals surface area contributed by atoms with Gasteiger partial charge in [-0.15, -0.1) is 0 Å². The molecule has 2 aromatic heterocycles. The fraction of sp³-hybridized carbons (Fsp3) is 0.250. The highest BCUT2D eigenvalue weighted by molar-refractivity contribution is 9.10. The first kappa shape index (κ1) is 19.6. The van der Waals surface area contributed by atoms with Gasteiger partial charge in [-0.2, -0.15) is 18.3 Å². The van der Waals surface area contributed by atoms with E-state index in [2.05, 4.69) is 26.0 Å². The van der Waals surface area contributed by atoms with Gasteiger partial charge in [0, 0.05) is 31.0 Å². The van der Waals surface area contributed by atoms with Crippen LogP contribution in [0.15, 0.2) is 53.3 Å². The van der Waals surface area contributed by atoms with E-state index in [0.29, 0.717) is 17.6 Å². The molecule has 1 aromatic carbocycles. The summed E-state index contributed by atoms with van der Waals surface area (Å²) in [5.41, 5.74) is 0.887. The number of nitrogens with zero attached hydrogens (tertiary/aromatic N) is 4. The molecule has 4 rings (SSSR count). The van der Waals surface area contributed by atoms with Crippen molar-refractivity contribution in [1.82, 2.24) is 19.5 Å². The first-order valence-electron chi connectivity index (χ1n) is 8.91. The fourth-order valence-electron chi connectivity index (χ4n) is 3.52. The van der Waals surface area contributed by atoms with Crippen LogP contribution in [0.25, 0.3) is 11.2 Å². The van der Waals surface area contributed by atoms with E-state index in [-0.39, 0.29) is 29.8 Å². The van der Waals surface area contributed by atoms with E-state index in [1.54, 1.807) is 35.5 Å². The zero-order valence-electron chi connectivity index (χ0n) is 15.3. The number of carbonyl (C=O) groups is 1. The van der Waals surface area contributed by atoms with Crippen molar-refractivity contribution in [2.24, 2.45) is 0 Å². The van der Waals surface area contributed by atoms with Gasteiger partial charge >= 0.3 is 6.18 Å². The van der Waals surface area contributed by atoms with Crippen molar-refractivity contribution in [2.45, 2.75) is 25.6 Å². The normalized spacial score (nSPS) is 17.5. The summed E-state index contributed by atoms with van der Waals surface area (Å²) in [5.74, 6) is -0.279. The Morgan fingerprint density at radius 3 is 2.76 bits per heavy atom. The monoisotopic (exact) mass is 464 g/mol. The first-order valence-corrected chi connectivity index (χ1v) is 9.71. The van der Waals surface area contributed by atoms with E-state index in [4.69, 9.17) is 0 Å². The van der Waals surface area contributed by atoms with Crippen LogP contribution in [-0.2, 0) is 6.18 Å². The number of hydrogen-bond acceptors (Lipinski definition) is 3. The average Bonchev–Trinajstić information content (AvgIpc) is 3.10. The van der Waals surface area contributed by atoms with Gasteiger partial charge in [-0.25, -0.2) is 9.50 Å². The Hall–Kier alpha value is -2.68. The molecule has 1 aliphatic rings. The second-order valence-electron chi connectivity index (χ2n) is 6.89. The van der Waals surface area contributed by atoms with Gasteiger partial charge in [0.25, 0.3) is 5.91 Å². The maximum atomic E-state index is 13.3. The van der Waals surface area contributed by atoms with Crippen molar-refractivity contribution in [1.29, 1.82) is 0 Å². The number of benzene rings is 1. The Bertz CT molecular complexity index is 1120. The zero-order valence-corrected chi connectivity index (χ0v) is 16.9. The van der Waals surface area contributed by atoms with Crippen molar-refractivity contribution in [3.63, 3.8) is 0 Å². The van der Waals surface area contributed by atoms with Crippen molar-refractivity contribution < 1.29 is 18.0 Å². The molecule has 3 heterocycles. The van der Waals surface area contributed by atoms with E-state index >= 15 is 0 Å². The molecule has 9 heteroatoms. The van der Waals surface area contributed by atoms with Crippen LogP contribution in [0.2, 0.25) is 0 Å². The minimum absolute atomic E-state index is 0.167. The number of amides is 1. The Kier molecular flexibility index (Phi) is 4.94. The van der Waals surface area contributed by atoms with Crippen LogP contribution in [0.4, 0.5) is 13.2 Å². The molecule has 0 N–H and O–H groups in total. The number of halogens is 4. The summed E-state index contributed by atoms with van der Waals surface area (Å²) < 4.78 is 42.3. The number of rotatable bonds is 2. The molecule has 1 unspecified atom stereocenters. The summed E-state index contributed by atoms with van der Waals surface area (Å²) in [7, 11) is 0. The predicted molar refractivity (Wildman–Crippen MR) is 105 cm³/mol. The standard InChI is InChI=1S/C20H16BrF3N4O/c1-12-8-13(15-4-2-3-5-16(15)20(22,23)24)6-7-27(12)19(29)17-9-18-25-10-14(21)11-28(18)26-17/h2-6,9-12H,7-8H2,1H3. The van der Waals surface area contributed by atoms with Crippen molar-refractivity contribution in [3.8, 4) is 0 Å². The Balaban J connectivity index is 1.61. The Labute approximate surface area is 173 Å². The van der Waals surface area contributed by atoms with Gasteiger partial charge in [-0.1, -0.05) is 24.3 Å². The summed E-state index contributed by atoms with van der Waals surface area (Å²) >= 11 is 3.31. The molecular weight excluding hydrogens is 449 g/mol. The smallest absolute Gasteiger partial charge is 0.330 e. The summed E-state index contributed by atoms with van der Waals surface area (Å²) in [5, 5.41) is 4.27. The van der Waals surface area contributed by atoms with Gasteiger partial charge in [0.05, 0.1) is 10.0 Å². The average molecular weight is 465 g/mol. The van der Waals surface area contributed by atoms with Crippen LogP contribution in [-0.4, -0.2) is 38.0 Å². The zero-order chi connectivity index (χ0) is 20.8. The predicted octanol–water partition coefficient (Wildman–Crippen LogP) is 4.83. The Morgan fingerprint density at radius 1 is 1.28 bits per heavy atom. The highest BCUT2D eigenvalue weighted by atomic mass is 79.9. The topological polar surface area (TPSA) is 50.5 Å². The third kappa shape index (κ3) is 3.78. The summed E-state index contributed by atoms with van der Waals surface area (Å²) in [4.78, 5) is 18.7. The molecular formula is C20H16BrF3N4O. The number of fused-ring (bicyclic) bond motifs is 1. The molecule has 0 bridgehead atoms. The number of aromatic nitrogens is 3. The third-order valence-electron chi connectivity index (χ3n) is 4.92. The molecule has 0 saturated heterocycles. The minimum Gasteiger partial charge on any atom is -0.330 e. The highest BCUT2D eigenvalue weighted by Gasteiger charge is 2.35. The lowest BCUT2D eigenvalue weighted by Crippen LogP contribution is -2.41. The molecule has 1 atom stereocenters. The minimum atomic E-state index is -4.43. The van der Waals surface area contributed by atoms with E-state index < -0.39 is 11.7 Å². The maximum absolute atomic E-state index is 13.3. The number of carbonyl (C=O) groups excluding carboxylic acids is 1. The quantitative estimate of drug-likeness (QED) is 0.545. The highest BCUT2D eigenvalue weighted by Crippen LogP contribution is 2.37. The van der Waals surface area contributed by atoms with Gasteiger partial charge in [-0.3, -0.25) is 4.79 Å². The number of alkyl halides is 3. The maximum Gasteiger partial charge on any atom is 0.416 e. The van der Waals surface area contributed by atoms with Crippen LogP contribution >= 0.6 is 15.9 Å². The van der Waals surface area contributed by atoms with Crippen LogP contribution < -0.4 is 0 Å². The van der Waals surface area contributed by atoms with Crippen LogP contribution in [0, 0.1) is 0 Å². The van der Waals surface area contributed by atoms with Gasteiger partial charge in [-0.05, 0) is 46.5 Å². The van der Waals surface area contributed by atoms with E-state index in [9.17, 15) is 18.0 Å². The van der Waals surface area contributed by atoms with Gasteiger partial charge < -0.3 is 4.90 Å². The van der Waals surface area contributed by atoms with Gasteiger partial charge in [0.15, 0.2) is 11.3 Å². The fourth-order valence-corrected chi connectivity index (χ4v) is 3.82.